The number of nitrogens with zero attached hydrogens (tertiary/aromatic N) is 1. The first-order valence-electron chi connectivity index (χ1n) is 9.45. The normalized spacial score (nSPS) is 43.1. The van der Waals surface area contributed by atoms with Crippen molar-refractivity contribution in [3.63, 3.8) is 0 Å². The van der Waals surface area contributed by atoms with Gasteiger partial charge in [0.15, 0.2) is 0 Å². The van der Waals surface area contributed by atoms with Crippen LogP contribution in [-0.4, -0.2) is 30.6 Å². The standard InChI is InChI=1S/C19H36N2/c1-14(2)17-5-4-8-19(11-17,13-20)21(3)12-18-10-15-6-7-16(18)9-15/h14-18H,4-13,20H2,1-3H3. The van der Waals surface area contributed by atoms with Gasteiger partial charge in [0.2, 0.25) is 0 Å². The molecule has 0 spiro atoms. The van der Waals surface area contributed by atoms with E-state index in [4.69, 9.17) is 5.73 Å². The van der Waals surface area contributed by atoms with Crippen molar-refractivity contribution in [3.8, 4) is 0 Å². The summed E-state index contributed by atoms with van der Waals surface area (Å²) in [6, 6.07) is 0. The third kappa shape index (κ3) is 3.03. The fraction of sp³-hybridized carbons (Fsp3) is 1.00. The molecule has 0 aromatic heterocycles. The van der Waals surface area contributed by atoms with Gasteiger partial charge in [-0.2, -0.15) is 0 Å². The molecule has 0 amide bonds. The molecular formula is C19H36N2. The lowest BCUT2D eigenvalue weighted by molar-refractivity contribution is 0.0279. The monoisotopic (exact) mass is 292 g/mol. The van der Waals surface area contributed by atoms with Gasteiger partial charge < -0.3 is 5.73 Å². The molecule has 2 N–H and O–H groups in total. The minimum Gasteiger partial charge on any atom is -0.329 e. The number of hydrogen-bond acceptors (Lipinski definition) is 2. The first-order valence-corrected chi connectivity index (χ1v) is 9.45. The van der Waals surface area contributed by atoms with Crippen molar-refractivity contribution in [1.29, 1.82) is 0 Å². The zero-order valence-electron chi connectivity index (χ0n) is 14.5. The Balaban J connectivity index is 1.64. The summed E-state index contributed by atoms with van der Waals surface area (Å²) in [5.41, 5.74) is 6.61. The van der Waals surface area contributed by atoms with Gasteiger partial charge in [0.25, 0.3) is 0 Å². The lowest BCUT2D eigenvalue weighted by atomic mass is 9.70. The van der Waals surface area contributed by atoms with Crippen molar-refractivity contribution in [2.75, 3.05) is 20.1 Å². The third-order valence-corrected chi connectivity index (χ3v) is 7.38. The Morgan fingerprint density at radius 3 is 2.57 bits per heavy atom. The van der Waals surface area contributed by atoms with Gasteiger partial charge in [-0.3, -0.25) is 4.90 Å². The summed E-state index contributed by atoms with van der Waals surface area (Å²) in [4.78, 5) is 2.70. The van der Waals surface area contributed by atoms with E-state index in [9.17, 15) is 0 Å². The van der Waals surface area contributed by atoms with Crippen LogP contribution in [0.15, 0.2) is 0 Å². The summed E-state index contributed by atoms with van der Waals surface area (Å²) in [5, 5.41) is 0. The van der Waals surface area contributed by atoms with Gasteiger partial charge in [-0.15, -0.1) is 0 Å². The van der Waals surface area contributed by atoms with E-state index in [1.165, 1.54) is 57.9 Å². The predicted octanol–water partition coefficient (Wildman–Crippen LogP) is 3.90. The Morgan fingerprint density at radius 2 is 2.00 bits per heavy atom. The van der Waals surface area contributed by atoms with E-state index in [0.29, 0.717) is 5.54 Å². The van der Waals surface area contributed by atoms with Crippen LogP contribution in [-0.2, 0) is 0 Å². The molecule has 21 heavy (non-hydrogen) atoms. The van der Waals surface area contributed by atoms with E-state index in [-0.39, 0.29) is 0 Å². The molecule has 0 saturated heterocycles. The van der Waals surface area contributed by atoms with Crippen LogP contribution in [0.25, 0.3) is 0 Å². The smallest absolute Gasteiger partial charge is 0.0331 e. The van der Waals surface area contributed by atoms with Gasteiger partial charge in [0.05, 0.1) is 0 Å². The number of nitrogens with two attached hydrogens (primary N) is 1. The van der Waals surface area contributed by atoms with Crippen molar-refractivity contribution in [3.05, 3.63) is 0 Å². The van der Waals surface area contributed by atoms with Gasteiger partial charge in [-0.25, -0.2) is 0 Å². The molecule has 3 aliphatic carbocycles. The van der Waals surface area contributed by atoms with Crippen LogP contribution < -0.4 is 5.73 Å². The molecule has 3 fully saturated rings. The molecule has 122 valence electrons. The van der Waals surface area contributed by atoms with Crippen LogP contribution in [0.4, 0.5) is 0 Å². The summed E-state index contributed by atoms with van der Waals surface area (Å²) in [7, 11) is 2.38. The van der Waals surface area contributed by atoms with Crippen molar-refractivity contribution >= 4 is 0 Å². The molecule has 2 heteroatoms. The summed E-state index contributed by atoms with van der Waals surface area (Å²) in [6.07, 6.45) is 11.5. The maximum Gasteiger partial charge on any atom is 0.0331 e. The largest absolute Gasteiger partial charge is 0.329 e. The van der Waals surface area contributed by atoms with Crippen molar-refractivity contribution in [2.24, 2.45) is 35.3 Å². The SMILES string of the molecule is CC(C)C1CCCC(CN)(N(C)CC2CC3CCC2C3)C1. The van der Waals surface area contributed by atoms with Crippen LogP contribution >= 0.6 is 0 Å². The van der Waals surface area contributed by atoms with Crippen LogP contribution in [0.5, 0.6) is 0 Å². The van der Waals surface area contributed by atoms with Crippen molar-refractivity contribution in [1.82, 2.24) is 4.90 Å². The van der Waals surface area contributed by atoms with Crippen LogP contribution in [0.1, 0.15) is 65.2 Å². The van der Waals surface area contributed by atoms with E-state index >= 15 is 0 Å². The minimum atomic E-state index is 0.301. The molecule has 3 rings (SSSR count). The fourth-order valence-corrected chi connectivity index (χ4v) is 5.79. The molecule has 0 heterocycles. The molecule has 0 radical (unpaired) electrons. The quantitative estimate of drug-likeness (QED) is 0.832. The molecule has 2 nitrogen and oxygen atoms in total. The maximum atomic E-state index is 6.31. The molecule has 3 saturated carbocycles. The fourth-order valence-electron chi connectivity index (χ4n) is 5.79. The molecule has 2 bridgehead atoms. The Kier molecular flexibility index (Phi) is 4.66. The van der Waals surface area contributed by atoms with Crippen LogP contribution in [0.2, 0.25) is 0 Å². The van der Waals surface area contributed by atoms with E-state index in [1.54, 1.807) is 0 Å². The predicted molar refractivity (Wildman–Crippen MR) is 90.1 cm³/mol. The number of likely N-dealkylation sites (N-methyl/N-ethyl adjacent to an activating group) is 1. The van der Waals surface area contributed by atoms with Crippen molar-refractivity contribution in [2.45, 2.75) is 70.8 Å². The van der Waals surface area contributed by atoms with Crippen LogP contribution in [0.3, 0.4) is 0 Å². The van der Waals surface area contributed by atoms with E-state index in [1.807, 2.05) is 0 Å². The first kappa shape index (κ1) is 15.8. The van der Waals surface area contributed by atoms with Crippen LogP contribution in [0, 0.1) is 29.6 Å². The lowest BCUT2D eigenvalue weighted by Gasteiger charge is -2.49. The zero-order valence-corrected chi connectivity index (χ0v) is 14.5. The average molecular weight is 293 g/mol. The second kappa shape index (κ2) is 6.20. The number of hydrogen-bond donors (Lipinski definition) is 1. The van der Waals surface area contributed by atoms with Gasteiger partial charge in [-0.05, 0) is 68.7 Å². The van der Waals surface area contributed by atoms with E-state index < -0.39 is 0 Å². The van der Waals surface area contributed by atoms with E-state index in [2.05, 4.69) is 25.8 Å². The van der Waals surface area contributed by atoms with Gasteiger partial charge in [-0.1, -0.05) is 33.1 Å². The highest BCUT2D eigenvalue weighted by Gasteiger charge is 2.44. The van der Waals surface area contributed by atoms with Gasteiger partial charge >= 0.3 is 0 Å². The number of rotatable bonds is 5. The third-order valence-electron chi connectivity index (χ3n) is 7.38. The Labute approximate surface area is 131 Å². The zero-order chi connectivity index (χ0) is 15.0. The Morgan fingerprint density at radius 1 is 1.19 bits per heavy atom. The van der Waals surface area contributed by atoms with Gasteiger partial charge in [0, 0.05) is 18.6 Å². The van der Waals surface area contributed by atoms with E-state index in [0.717, 1.165) is 36.1 Å². The second-order valence-electron chi connectivity index (χ2n) is 8.84. The summed E-state index contributed by atoms with van der Waals surface area (Å²) in [5.74, 6) is 4.77. The summed E-state index contributed by atoms with van der Waals surface area (Å²) >= 11 is 0. The molecule has 0 aromatic rings. The maximum absolute atomic E-state index is 6.31. The highest BCUT2D eigenvalue weighted by atomic mass is 15.2. The topological polar surface area (TPSA) is 29.3 Å². The highest BCUT2D eigenvalue weighted by Crippen LogP contribution is 2.49. The molecule has 0 aliphatic heterocycles. The highest BCUT2D eigenvalue weighted by molar-refractivity contribution is 4.99. The molecule has 5 unspecified atom stereocenters. The minimum absolute atomic E-state index is 0.301. The van der Waals surface area contributed by atoms with Gasteiger partial charge in [0.1, 0.15) is 0 Å². The average Bonchev–Trinajstić information content (AvgIpc) is 3.09. The molecule has 5 atom stereocenters. The molecule has 3 aliphatic rings. The Hall–Kier alpha value is -0.0800. The molecule has 0 aromatic carbocycles. The number of fused-ring (bicyclic) bond motifs is 2. The summed E-state index contributed by atoms with van der Waals surface area (Å²) < 4.78 is 0. The first-order chi connectivity index (χ1) is 10.0. The summed E-state index contributed by atoms with van der Waals surface area (Å²) in [6.45, 7) is 6.96. The molecular weight excluding hydrogens is 256 g/mol. The lowest BCUT2D eigenvalue weighted by Crippen LogP contribution is -2.56. The van der Waals surface area contributed by atoms with Crippen molar-refractivity contribution < 1.29 is 0 Å². The Bertz CT molecular complexity index is 353. The second-order valence-corrected chi connectivity index (χ2v) is 8.84.